The molecule has 178 valence electrons. The first kappa shape index (κ1) is 23.2. The smallest absolute Gasteiger partial charge is 0.261 e. The lowest BCUT2D eigenvalue weighted by molar-refractivity contribution is 0.0792. The summed E-state index contributed by atoms with van der Waals surface area (Å²) in [5.41, 5.74) is 1.28. The molecular formula is C26H23N3O4S2. The van der Waals surface area contributed by atoms with Crippen molar-refractivity contribution in [1.29, 1.82) is 0 Å². The van der Waals surface area contributed by atoms with E-state index in [0.29, 0.717) is 10.4 Å². The van der Waals surface area contributed by atoms with Crippen LogP contribution in [0.5, 0.6) is 0 Å². The molecule has 1 fully saturated rings. The molecule has 0 aliphatic carbocycles. The Hall–Kier alpha value is -3.56. The second kappa shape index (κ2) is 9.59. The third-order valence-electron chi connectivity index (χ3n) is 6.04. The lowest BCUT2D eigenvalue weighted by Gasteiger charge is -2.15. The Bertz CT molecular complexity index is 1450. The molecule has 0 radical (unpaired) electrons. The maximum atomic E-state index is 13.1. The predicted octanol–water partition coefficient (Wildman–Crippen LogP) is 4.30. The molecular weight excluding hydrogens is 482 g/mol. The van der Waals surface area contributed by atoms with Crippen LogP contribution < -0.4 is 5.32 Å². The van der Waals surface area contributed by atoms with Gasteiger partial charge in [0.15, 0.2) is 0 Å². The molecule has 1 aliphatic heterocycles. The minimum atomic E-state index is -3.72. The molecule has 1 aliphatic rings. The number of sulfone groups is 1. The fourth-order valence-corrected chi connectivity index (χ4v) is 6.27. The summed E-state index contributed by atoms with van der Waals surface area (Å²) in [7, 11) is -3.72. The van der Waals surface area contributed by atoms with Gasteiger partial charge in [0.25, 0.3) is 11.8 Å². The molecule has 35 heavy (non-hydrogen) atoms. The molecule has 2 aromatic heterocycles. The number of hydrogen-bond donors (Lipinski definition) is 1. The van der Waals surface area contributed by atoms with Crippen molar-refractivity contribution in [3.63, 3.8) is 0 Å². The Labute approximate surface area is 207 Å². The molecule has 9 heteroatoms. The highest BCUT2D eigenvalue weighted by molar-refractivity contribution is 7.91. The number of carbonyl (C=O) groups excluding carboxylic acids is 2. The average molecular weight is 506 g/mol. The number of amides is 2. The van der Waals surface area contributed by atoms with Gasteiger partial charge in [-0.1, -0.05) is 12.1 Å². The third-order valence-corrected chi connectivity index (χ3v) is 8.91. The van der Waals surface area contributed by atoms with Crippen LogP contribution >= 0.6 is 11.3 Å². The van der Waals surface area contributed by atoms with Gasteiger partial charge in [-0.3, -0.25) is 14.6 Å². The van der Waals surface area contributed by atoms with E-state index in [-0.39, 0.29) is 28.2 Å². The van der Waals surface area contributed by atoms with Crippen molar-refractivity contribution in [2.45, 2.75) is 29.2 Å². The standard InChI is InChI=1S/C26H23N3O4S2/c30-25(23-15-20-11-12-27-17-24(20)34-23)28-16-18-3-7-21(8-4-18)35(32,33)22-9-5-19(6-10-22)26(31)29-13-1-2-14-29/h3-12,15,17H,1-2,13-14,16H2,(H,28,30). The molecule has 0 bridgehead atoms. The minimum absolute atomic E-state index is 0.0647. The zero-order valence-corrected chi connectivity index (χ0v) is 20.4. The number of rotatable bonds is 6. The number of fused-ring (bicyclic) bond motifs is 1. The number of likely N-dealkylation sites (tertiary alicyclic amines) is 1. The Balaban J connectivity index is 1.24. The number of carbonyl (C=O) groups is 2. The molecule has 1 N–H and O–H groups in total. The third kappa shape index (κ3) is 4.82. The van der Waals surface area contributed by atoms with Crippen molar-refractivity contribution in [1.82, 2.24) is 15.2 Å². The second-order valence-corrected chi connectivity index (χ2v) is 11.4. The Morgan fingerprint density at radius 2 is 1.60 bits per heavy atom. The first-order chi connectivity index (χ1) is 16.9. The molecule has 0 unspecified atom stereocenters. The highest BCUT2D eigenvalue weighted by Crippen LogP contribution is 2.25. The predicted molar refractivity (Wildman–Crippen MR) is 134 cm³/mol. The van der Waals surface area contributed by atoms with Crippen molar-refractivity contribution in [2.24, 2.45) is 0 Å². The molecule has 1 saturated heterocycles. The van der Waals surface area contributed by atoms with Gasteiger partial charge in [0.2, 0.25) is 9.84 Å². The van der Waals surface area contributed by atoms with Crippen molar-refractivity contribution < 1.29 is 18.0 Å². The normalized spacial score (nSPS) is 13.8. The monoisotopic (exact) mass is 505 g/mol. The first-order valence-corrected chi connectivity index (χ1v) is 13.6. The zero-order chi connectivity index (χ0) is 24.4. The van der Waals surface area contributed by atoms with Crippen molar-refractivity contribution >= 4 is 43.1 Å². The SMILES string of the molecule is O=C(NCc1ccc(S(=O)(=O)c2ccc(C(=O)N3CCCC3)cc2)cc1)c1cc2ccncc2s1. The van der Waals surface area contributed by atoms with Gasteiger partial charge in [0.05, 0.1) is 19.4 Å². The lowest BCUT2D eigenvalue weighted by atomic mass is 10.2. The van der Waals surface area contributed by atoms with Crippen LogP contribution in [0.25, 0.3) is 10.1 Å². The molecule has 2 amide bonds. The van der Waals surface area contributed by atoms with E-state index in [2.05, 4.69) is 10.3 Å². The van der Waals surface area contributed by atoms with Crippen LogP contribution in [0.3, 0.4) is 0 Å². The molecule has 0 atom stereocenters. The van der Waals surface area contributed by atoms with E-state index in [1.165, 1.54) is 35.6 Å². The van der Waals surface area contributed by atoms with Crippen LogP contribution in [0.15, 0.2) is 82.8 Å². The van der Waals surface area contributed by atoms with Gasteiger partial charge in [0.1, 0.15) is 0 Å². The van der Waals surface area contributed by atoms with Crippen molar-refractivity contribution in [3.05, 3.63) is 89.1 Å². The van der Waals surface area contributed by atoms with E-state index in [0.717, 1.165) is 41.6 Å². The van der Waals surface area contributed by atoms with Gasteiger partial charge >= 0.3 is 0 Å². The van der Waals surface area contributed by atoms with Crippen LogP contribution in [0.2, 0.25) is 0 Å². The van der Waals surface area contributed by atoms with Gasteiger partial charge in [0, 0.05) is 37.6 Å². The first-order valence-electron chi connectivity index (χ1n) is 11.3. The summed E-state index contributed by atoms with van der Waals surface area (Å²) >= 11 is 1.38. The van der Waals surface area contributed by atoms with E-state index >= 15 is 0 Å². The Kier molecular flexibility index (Phi) is 6.36. The fraction of sp³-hybridized carbons (Fsp3) is 0.192. The number of aromatic nitrogens is 1. The number of pyridine rings is 1. The summed E-state index contributed by atoms with van der Waals surface area (Å²) in [6, 6.07) is 16.2. The molecule has 7 nitrogen and oxygen atoms in total. The zero-order valence-electron chi connectivity index (χ0n) is 18.8. The van der Waals surface area contributed by atoms with Gasteiger partial charge in [-0.25, -0.2) is 8.42 Å². The maximum absolute atomic E-state index is 13.1. The van der Waals surface area contributed by atoms with Crippen LogP contribution in [-0.2, 0) is 16.4 Å². The summed E-state index contributed by atoms with van der Waals surface area (Å²) in [5.74, 6) is -0.253. The number of thiophene rings is 1. The number of nitrogens with one attached hydrogen (secondary N) is 1. The molecule has 0 saturated carbocycles. The number of benzene rings is 2. The van der Waals surface area contributed by atoms with Crippen molar-refractivity contribution in [2.75, 3.05) is 13.1 Å². The Morgan fingerprint density at radius 3 is 2.26 bits per heavy atom. The van der Waals surface area contributed by atoms with Gasteiger partial charge in [-0.2, -0.15) is 0 Å². The molecule has 3 heterocycles. The summed E-state index contributed by atoms with van der Waals surface area (Å²) < 4.78 is 27.0. The second-order valence-electron chi connectivity index (χ2n) is 8.38. The Morgan fingerprint density at radius 1 is 0.943 bits per heavy atom. The number of nitrogens with zero attached hydrogens (tertiary/aromatic N) is 2. The number of hydrogen-bond acceptors (Lipinski definition) is 6. The van der Waals surface area contributed by atoms with Crippen molar-refractivity contribution in [3.8, 4) is 0 Å². The molecule has 2 aromatic carbocycles. The van der Waals surface area contributed by atoms with Crippen LogP contribution in [0.4, 0.5) is 0 Å². The molecule has 4 aromatic rings. The highest BCUT2D eigenvalue weighted by atomic mass is 32.2. The quantitative estimate of drug-likeness (QED) is 0.422. The van der Waals surface area contributed by atoms with Crippen LogP contribution in [0.1, 0.15) is 38.4 Å². The summed E-state index contributed by atoms with van der Waals surface area (Å²) in [5, 5.41) is 3.84. The fourth-order valence-electron chi connectivity index (χ4n) is 4.07. The summed E-state index contributed by atoms with van der Waals surface area (Å²) in [6.07, 6.45) is 5.42. The van der Waals surface area contributed by atoms with E-state index in [4.69, 9.17) is 0 Å². The van der Waals surface area contributed by atoms with Gasteiger partial charge in [-0.15, -0.1) is 11.3 Å². The van der Waals surface area contributed by atoms with Crippen LogP contribution in [-0.4, -0.2) is 43.2 Å². The minimum Gasteiger partial charge on any atom is -0.347 e. The highest BCUT2D eigenvalue weighted by Gasteiger charge is 2.22. The van der Waals surface area contributed by atoms with E-state index in [9.17, 15) is 18.0 Å². The topological polar surface area (TPSA) is 96.4 Å². The molecule has 0 spiro atoms. The van der Waals surface area contributed by atoms with Gasteiger partial charge < -0.3 is 10.2 Å². The molecule has 5 rings (SSSR count). The van der Waals surface area contributed by atoms with E-state index in [1.807, 2.05) is 12.1 Å². The lowest BCUT2D eigenvalue weighted by Crippen LogP contribution is -2.27. The summed E-state index contributed by atoms with van der Waals surface area (Å²) in [6.45, 7) is 1.76. The average Bonchev–Trinajstić information content (AvgIpc) is 3.58. The van der Waals surface area contributed by atoms with Gasteiger partial charge in [-0.05, 0) is 72.3 Å². The summed E-state index contributed by atoms with van der Waals surface area (Å²) in [4.78, 5) is 31.8. The van der Waals surface area contributed by atoms with Crippen LogP contribution in [0, 0.1) is 0 Å². The largest absolute Gasteiger partial charge is 0.347 e. The maximum Gasteiger partial charge on any atom is 0.261 e. The van der Waals surface area contributed by atoms with E-state index < -0.39 is 9.84 Å². The van der Waals surface area contributed by atoms with E-state index in [1.54, 1.807) is 41.6 Å².